The van der Waals surface area contributed by atoms with Gasteiger partial charge in [0.05, 0.1) is 17.2 Å². The van der Waals surface area contributed by atoms with Gasteiger partial charge >= 0.3 is 0 Å². The summed E-state index contributed by atoms with van der Waals surface area (Å²) in [6, 6.07) is 7.30. The molecule has 4 nitrogen and oxygen atoms in total. The van der Waals surface area contributed by atoms with Gasteiger partial charge in [0.25, 0.3) is 0 Å². The van der Waals surface area contributed by atoms with Gasteiger partial charge in [0.1, 0.15) is 6.07 Å². The van der Waals surface area contributed by atoms with Gasteiger partial charge in [-0.25, -0.2) is 0 Å². The Labute approximate surface area is 126 Å². The number of carbonyl (C=O) groups excluding carboxylic acids is 1. The zero-order valence-electron chi connectivity index (χ0n) is 11.0. The van der Waals surface area contributed by atoms with Gasteiger partial charge in [-0.1, -0.05) is 15.9 Å². The summed E-state index contributed by atoms with van der Waals surface area (Å²) in [6.45, 7) is 0. The summed E-state index contributed by atoms with van der Waals surface area (Å²) < 4.78 is 0.837. The SMILES string of the molecule is N#Cc1ccc(Br)cc1NC(=O)C1C2CCC(C2)C1N. The van der Waals surface area contributed by atoms with Crippen LogP contribution in [0.5, 0.6) is 0 Å². The number of benzene rings is 1. The number of nitriles is 1. The van der Waals surface area contributed by atoms with Crippen LogP contribution >= 0.6 is 15.9 Å². The van der Waals surface area contributed by atoms with E-state index < -0.39 is 0 Å². The number of hydrogen-bond donors (Lipinski definition) is 2. The highest BCUT2D eigenvalue weighted by atomic mass is 79.9. The number of carbonyl (C=O) groups is 1. The normalized spacial score (nSPS) is 31.1. The molecule has 104 valence electrons. The topological polar surface area (TPSA) is 78.9 Å². The van der Waals surface area contributed by atoms with Crippen LogP contribution < -0.4 is 11.1 Å². The first-order chi connectivity index (χ1) is 9.60. The summed E-state index contributed by atoms with van der Waals surface area (Å²) in [6.07, 6.45) is 3.32. The molecule has 20 heavy (non-hydrogen) atoms. The molecule has 1 aromatic carbocycles. The highest BCUT2D eigenvalue weighted by molar-refractivity contribution is 9.10. The molecule has 0 saturated heterocycles. The summed E-state index contributed by atoms with van der Waals surface area (Å²) in [4.78, 5) is 12.5. The number of nitrogens with zero attached hydrogens (tertiary/aromatic N) is 1. The van der Waals surface area contributed by atoms with Gasteiger partial charge in [0.15, 0.2) is 0 Å². The monoisotopic (exact) mass is 333 g/mol. The molecule has 2 aliphatic carbocycles. The zero-order valence-corrected chi connectivity index (χ0v) is 12.6. The number of fused-ring (bicyclic) bond motifs is 2. The molecule has 2 saturated carbocycles. The van der Waals surface area contributed by atoms with E-state index >= 15 is 0 Å². The van der Waals surface area contributed by atoms with Gasteiger partial charge in [-0.15, -0.1) is 0 Å². The lowest BCUT2D eigenvalue weighted by Gasteiger charge is -2.27. The number of rotatable bonds is 2. The second kappa shape index (κ2) is 5.19. The third kappa shape index (κ3) is 2.23. The molecule has 0 spiro atoms. The van der Waals surface area contributed by atoms with Crippen molar-refractivity contribution in [2.24, 2.45) is 23.5 Å². The molecule has 2 aliphatic rings. The van der Waals surface area contributed by atoms with Crippen LogP contribution in [0.3, 0.4) is 0 Å². The summed E-state index contributed by atoms with van der Waals surface area (Å²) in [5.74, 6) is 0.750. The van der Waals surface area contributed by atoms with Gasteiger partial charge in [-0.05, 0) is 49.3 Å². The van der Waals surface area contributed by atoms with Gasteiger partial charge in [0.2, 0.25) is 5.91 Å². The molecular weight excluding hydrogens is 318 g/mol. The van der Waals surface area contributed by atoms with Crippen LogP contribution in [0.2, 0.25) is 0 Å². The van der Waals surface area contributed by atoms with Gasteiger partial charge in [-0.3, -0.25) is 4.79 Å². The van der Waals surface area contributed by atoms with Crippen molar-refractivity contribution in [2.45, 2.75) is 25.3 Å². The fraction of sp³-hybridized carbons (Fsp3) is 0.467. The van der Waals surface area contributed by atoms with Crippen LogP contribution in [-0.2, 0) is 4.79 Å². The van der Waals surface area contributed by atoms with E-state index in [-0.39, 0.29) is 17.9 Å². The maximum atomic E-state index is 12.5. The molecule has 3 N–H and O–H groups in total. The molecule has 2 bridgehead atoms. The van der Waals surface area contributed by atoms with Crippen LogP contribution in [0.25, 0.3) is 0 Å². The van der Waals surface area contributed by atoms with Crippen molar-refractivity contribution in [1.82, 2.24) is 0 Å². The average molecular weight is 334 g/mol. The molecule has 0 aromatic heterocycles. The van der Waals surface area contributed by atoms with E-state index in [4.69, 9.17) is 11.0 Å². The van der Waals surface area contributed by atoms with Crippen LogP contribution in [-0.4, -0.2) is 11.9 Å². The van der Waals surface area contributed by atoms with Gasteiger partial charge in [-0.2, -0.15) is 5.26 Å². The fourth-order valence-electron chi connectivity index (χ4n) is 3.66. The van der Waals surface area contributed by atoms with E-state index in [2.05, 4.69) is 27.3 Å². The lowest BCUT2D eigenvalue weighted by atomic mass is 9.84. The van der Waals surface area contributed by atoms with E-state index in [1.54, 1.807) is 18.2 Å². The van der Waals surface area contributed by atoms with Crippen molar-refractivity contribution < 1.29 is 4.79 Å². The van der Waals surface area contributed by atoms with E-state index in [9.17, 15) is 4.79 Å². The minimum absolute atomic E-state index is 0.0357. The molecule has 4 unspecified atom stereocenters. The second-order valence-electron chi connectivity index (χ2n) is 5.73. The minimum Gasteiger partial charge on any atom is -0.327 e. The Bertz CT molecular complexity index is 593. The first-order valence-electron chi connectivity index (χ1n) is 6.86. The van der Waals surface area contributed by atoms with Crippen molar-refractivity contribution >= 4 is 27.5 Å². The van der Waals surface area contributed by atoms with Crippen molar-refractivity contribution in [3.63, 3.8) is 0 Å². The maximum Gasteiger partial charge on any atom is 0.229 e. The van der Waals surface area contributed by atoms with Crippen LogP contribution in [0.15, 0.2) is 22.7 Å². The quantitative estimate of drug-likeness (QED) is 0.873. The van der Waals surface area contributed by atoms with E-state index in [0.29, 0.717) is 23.1 Å². The van der Waals surface area contributed by atoms with Crippen LogP contribution in [0.1, 0.15) is 24.8 Å². The third-order valence-electron chi connectivity index (χ3n) is 4.64. The summed E-state index contributed by atoms with van der Waals surface area (Å²) >= 11 is 3.36. The Balaban J connectivity index is 1.80. The van der Waals surface area contributed by atoms with Crippen LogP contribution in [0.4, 0.5) is 5.69 Å². The van der Waals surface area contributed by atoms with E-state index in [1.165, 1.54) is 0 Å². The Morgan fingerprint density at radius 1 is 1.40 bits per heavy atom. The number of halogens is 1. The molecule has 1 amide bonds. The van der Waals surface area contributed by atoms with Gasteiger partial charge in [0, 0.05) is 10.5 Å². The maximum absolute atomic E-state index is 12.5. The summed E-state index contributed by atoms with van der Waals surface area (Å²) in [7, 11) is 0. The Morgan fingerprint density at radius 2 is 2.15 bits per heavy atom. The minimum atomic E-state index is -0.112. The van der Waals surface area contributed by atoms with Crippen LogP contribution in [0, 0.1) is 29.1 Å². The molecule has 0 aliphatic heterocycles. The predicted molar refractivity (Wildman–Crippen MR) is 79.8 cm³/mol. The van der Waals surface area contributed by atoms with Crippen molar-refractivity contribution in [1.29, 1.82) is 5.26 Å². The molecular formula is C15H16BrN3O. The Morgan fingerprint density at radius 3 is 2.80 bits per heavy atom. The predicted octanol–water partition coefficient (Wildman–Crippen LogP) is 2.63. The zero-order chi connectivity index (χ0) is 14.3. The average Bonchev–Trinajstić information content (AvgIpc) is 2.99. The van der Waals surface area contributed by atoms with Gasteiger partial charge < -0.3 is 11.1 Å². The third-order valence-corrected chi connectivity index (χ3v) is 5.14. The Hall–Kier alpha value is -1.38. The molecule has 4 atom stereocenters. The van der Waals surface area contributed by atoms with E-state index in [0.717, 1.165) is 23.7 Å². The number of anilines is 1. The summed E-state index contributed by atoms with van der Waals surface area (Å²) in [5, 5.41) is 12.0. The first kappa shape index (κ1) is 13.6. The Kier molecular flexibility index (Phi) is 3.53. The number of nitrogens with two attached hydrogens (primary N) is 1. The lowest BCUT2D eigenvalue weighted by molar-refractivity contribution is -0.121. The molecule has 1 aromatic rings. The molecule has 2 fully saturated rings. The largest absolute Gasteiger partial charge is 0.327 e. The van der Waals surface area contributed by atoms with Crippen molar-refractivity contribution in [2.75, 3.05) is 5.32 Å². The van der Waals surface area contributed by atoms with E-state index in [1.807, 2.05) is 0 Å². The standard InChI is InChI=1S/C15H16BrN3O/c16-11-4-3-10(7-17)12(6-11)19-15(20)13-8-1-2-9(5-8)14(13)18/h3-4,6,8-9,13-14H,1-2,5,18H2,(H,19,20). The van der Waals surface area contributed by atoms with Crippen molar-refractivity contribution in [3.05, 3.63) is 28.2 Å². The number of amides is 1. The molecule has 3 rings (SSSR count). The summed E-state index contributed by atoms with van der Waals surface area (Å²) in [5.41, 5.74) is 7.21. The fourth-order valence-corrected chi connectivity index (χ4v) is 4.02. The highest BCUT2D eigenvalue weighted by Gasteiger charge is 2.49. The van der Waals surface area contributed by atoms with Crippen molar-refractivity contribution in [3.8, 4) is 6.07 Å². The molecule has 0 radical (unpaired) electrons. The number of hydrogen-bond acceptors (Lipinski definition) is 3. The molecule has 0 heterocycles. The highest BCUT2D eigenvalue weighted by Crippen LogP contribution is 2.48. The first-order valence-corrected chi connectivity index (χ1v) is 7.65. The molecule has 5 heteroatoms. The smallest absolute Gasteiger partial charge is 0.229 e. The second-order valence-corrected chi connectivity index (χ2v) is 6.64. The lowest BCUT2D eigenvalue weighted by Crippen LogP contribution is -2.42. The number of nitrogens with one attached hydrogen (secondary N) is 1.